The monoisotopic (exact) mass is 601 g/mol. The van der Waals surface area contributed by atoms with Gasteiger partial charge >= 0.3 is 0 Å². The number of phenols is 1. The Bertz CT molecular complexity index is 1850. The van der Waals surface area contributed by atoms with E-state index in [-0.39, 0.29) is 51.5 Å². The molecule has 0 spiro atoms. The molecule has 222 valence electrons. The summed E-state index contributed by atoms with van der Waals surface area (Å²) in [4.78, 5) is 40.7. The number of carbonyl (C=O) groups is 1. The Kier molecular flexibility index (Phi) is 7.24. The number of aromatic hydroxyl groups is 1. The van der Waals surface area contributed by atoms with E-state index in [2.05, 4.69) is 16.5 Å². The summed E-state index contributed by atoms with van der Waals surface area (Å²) in [6.07, 6.45) is 4.24. The summed E-state index contributed by atoms with van der Waals surface area (Å²) in [6.45, 7) is 12.6. The number of piperazine rings is 1. The number of amides is 1. The van der Waals surface area contributed by atoms with Crippen LogP contribution < -0.4 is 10.5 Å². The maximum Gasteiger partial charge on any atom is 0.262 e. The Morgan fingerprint density at radius 3 is 2.70 bits per heavy atom. The third-order valence-electron chi connectivity index (χ3n) is 8.58. The maximum absolute atomic E-state index is 15.1. The van der Waals surface area contributed by atoms with Crippen LogP contribution in [0.25, 0.3) is 28.0 Å². The minimum absolute atomic E-state index is 0.00450. The van der Waals surface area contributed by atoms with Crippen LogP contribution in [0.15, 0.2) is 54.0 Å². The molecule has 2 aliphatic rings. The van der Waals surface area contributed by atoms with Gasteiger partial charge in [-0.1, -0.05) is 38.1 Å². The second kappa shape index (κ2) is 10.8. The number of carbonyl (C=O) groups excluding carboxylic acids is 1. The van der Waals surface area contributed by atoms with Gasteiger partial charge in [0.25, 0.3) is 5.56 Å². The average molecular weight is 602 g/mol. The first-order chi connectivity index (χ1) is 20.5. The lowest BCUT2D eigenvalue weighted by Crippen LogP contribution is -2.61. The number of hydrogen-bond donors (Lipinski definition) is 1. The van der Waals surface area contributed by atoms with Crippen molar-refractivity contribution in [1.82, 2.24) is 19.4 Å². The van der Waals surface area contributed by atoms with E-state index in [0.717, 1.165) is 16.9 Å². The summed E-state index contributed by atoms with van der Waals surface area (Å²) in [5.74, 6) is -1.12. The maximum atomic E-state index is 15.1. The van der Waals surface area contributed by atoms with Crippen LogP contribution in [0.3, 0.4) is 0 Å². The number of aromatic nitrogens is 3. The van der Waals surface area contributed by atoms with Gasteiger partial charge in [-0.25, -0.2) is 9.37 Å². The van der Waals surface area contributed by atoms with E-state index in [0.29, 0.717) is 48.2 Å². The van der Waals surface area contributed by atoms with E-state index < -0.39 is 5.82 Å². The Morgan fingerprint density at radius 2 is 2.00 bits per heavy atom. The van der Waals surface area contributed by atoms with Crippen molar-refractivity contribution < 1.29 is 14.3 Å². The highest BCUT2D eigenvalue weighted by molar-refractivity contribution is 6.34. The molecule has 2 unspecified atom stereocenters. The Balaban J connectivity index is 1.71. The zero-order chi connectivity index (χ0) is 30.7. The normalized spacial score (nSPS) is 18.1. The fourth-order valence-corrected chi connectivity index (χ4v) is 6.94. The molecule has 0 bridgehead atoms. The number of phenolic OH excluding ortho intramolecular Hbond substituents is 1. The molecule has 2 aliphatic heterocycles. The first kappa shape index (κ1) is 28.9. The lowest BCUT2D eigenvalue weighted by atomic mass is 9.90. The van der Waals surface area contributed by atoms with E-state index in [1.165, 1.54) is 24.3 Å². The van der Waals surface area contributed by atoms with Crippen molar-refractivity contribution in [2.75, 3.05) is 18.0 Å². The minimum Gasteiger partial charge on any atom is -0.507 e. The quantitative estimate of drug-likeness (QED) is 0.292. The van der Waals surface area contributed by atoms with Crippen molar-refractivity contribution in [3.63, 3.8) is 0 Å². The number of hydrogen-bond acceptors (Lipinski definition) is 6. The topological polar surface area (TPSA) is 91.6 Å². The summed E-state index contributed by atoms with van der Waals surface area (Å²) < 4.78 is 16.7. The summed E-state index contributed by atoms with van der Waals surface area (Å²) in [5, 5.41) is 11.4. The van der Waals surface area contributed by atoms with Crippen LogP contribution in [0.2, 0.25) is 5.02 Å². The Labute approximate surface area is 254 Å². The number of rotatable bonds is 4. The van der Waals surface area contributed by atoms with Gasteiger partial charge in [-0.05, 0) is 68.5 Å². The number of anilines is 1. The number of aryl methyl sites for hydroxylation is 1. The number of nitrogens with zero attached hydrogens (tertiary/aromatic N) is 5. The number of halogens is 2. The van der Waals surface area contributed by atoms with Crippen LogP contribution in [-0.2, 0) is 11.2 Å². The molecule has 0 aliphatic carbocycles. The Morgan fingerprint density at radius 1 is 1.23 bits per heavy atom. The average Bonchev–Trinajstić information content (AvgIpc) is 2.97. The summed E-state index contributed by atoms with van der Waals surface area (Å²) in [5.41, 5.74) is 3.53. The molecule has 2 atom stereocenters. The molecule has 1 aromatic carbocycles. The van der Waals surface area contributed by atoms with Crippen molar-refractivity contribution in [2.45, 2.75) is 58.5 Å². The standard InChI is InChI=1S/C33H33ClFN5O3/c1-6-26(42)38-15-19(5)39-20(16-38)10-11-21-31(39)22-14-23(34)29(27-24(35)8-7-9-25(27)41)37-32(22)40(33(21)43)30-18(4)12-13-36-28(30)17(2)3/h6-9,12-14,17,19-20,41H,1,10-11,15-16H2,2-5H3. The fourth-order valence-electron chi connectivity index (χ4n) is 6.69. The molecule has 4 aromatic rings. The van der Waals surface area contributed by atoms with Gasteiger partial charge < -0.3 is 14.9 Å². The second-order valence-electron chi connectivity index (χ2n) is 11.7. The predicted molar refractivity (Wildman–Crippen MR) is 167 cm³/mol. The van der Waals surface area contributed by atoms with Crippen LogP contribution in [0.5, 0.6) is 5.75 Å². The molecule has 0 radical (unpaired) electrons. The number of pyridine rings is 3. The predicted octanol–water partition coefficient (Wildman–Crippen LogP) is 5.92. The van der Waals surface area contributed by atoms with Crippen LogP contribution in [-0.4, -0.2) is 55.6 Å². The fraction of sp³-hybridized carbons (Fsp3) is 0.333. The van der Waals surface area contributed by atoms with Crippen molar-refractivity contribution >= 4 is 34.2 Å². The summed E-state index contributed by atoms with van der Waals surface area (Å²) in [6, 6.07) is 7.44. The van der Waals surface area contributed by atoms with Gasteiger partial charge in [0.1, 0.15) is 17.2 Å². The van der Waals surface area contributed by atoms with Crippen molar-refractivity contribution in [2.24, 2.45) is 0 Å². The van der Waals surface area contributed by atoms with Crippen molar-refractivity contribution in [1.29, 1.82) is 0 Å². The smallest absolute Gasteiger partial charge is 0.262 e. The molecule has 5 heterocycles. The third kappa shape index (κ3) is 4.57. The van der Waals surface area contributed by atoms with E-state index in [1.54, 1.807) is 21.7 Å². The molecule has 6 rings (SSSR count). The van der Waals surface area contributed by atoms with E-state index >= 15 is 4.39 Å². The van der Waals surface area contributed by atoms with Crippen LogP contribution in [0, 0.1) is 12.7 Å². The second-order valence-corrected chi connectivity index (χ2v) is 12.1. The van der Waals surface area contributed by atoms with Gasteiger partial charge in [-0.3, -0.25) is 19.1 Å². The van der Waals surface area contributed by atoms with E-state index in [4.69, 9.17) is 16.6 Å². The third-order valence-corrected chi connectivity index (χ3v) is 8.87. The highest BCUT2D eigenvalue weighted by Crippen LogP contribution is 2.43. The SMILES string of the molecule is C=CC(=O)N1CC(C)N2c3c(c(=O)n(-c4c(C)ccnc4C(C)C)c4nc(-c5c(O)cccc5F)c(Cl)cc34)CCC2C1. The molecule has 10 heteroatoms. The first-order valence-electron chi connectivity index (χ1n) is 14.4. The molecule has 1 amide bonds. The van der Waals surface area contributed by atoms with Gasteiger partial charge in [0.15, 0.2) is 0 Å². The highest BCUT2D eigenvalue weighted by Gasteiger charge is 2.40. The number of benzene rings is 1. The lowest BCUT2D eigenvalue weighted by Gasteiger charge is -2.50. The molecule has 1 saturated heterocycles. The lowest BCUT2D eigenvalue weighted by molar-refractivity contribution is -0.127. The van der Waals surface area contributed by atoms with Gasteiger partial charge in [0.2, 0.25) is 5.91 Å². The van der Waals surface area contributed by atoms with E-state index in [9.17, 15) is 14.7 Å². The zero-order valence-electron chi connectivity index (χ0n) is 24.6. The van der Waals surface area contributed by atoms with Crippen molar-refractivity contribution in [3.8, 4) is 22.7 Å². The summed E-state index contributed by atoms with van der Waals surface area (Å²) >= 11 is 6.85. The molecule has 8 nitrogen and oxygen atoms in total. The van der Waals surface area contributed by atoms with Crippen molar-refractivity contribution in [3.05, 3.63) is 87.2 Å². The Hall–Kier alpha value is -4.24. The molecule has 0 saturated carbocycles. The van der Waals surface area contributed by atoms with Crippen LogP contribution >= 0.6 is 11.6 Å². The molecular formula is C33H33ClFN5O3. The van der Waals surface area contributed by atoms with Gasteiger partial charge in [0, 0.05) is 42.3 Å². The van der Waals surface area contributed by atoms with Gasteiger partial charge in [0.05, 0.1) is 33.3 Å². The van der Waals surface area contributed by atoms with Crippen LogP contribution in [0.4, 0.5) is 10.1 Å². The van der Waals surface area contributed by atoms with Gasteiger partial charge in [-0.15, -0.1) is 0 Å². The van der Waals surface area contributed by atoms with E-state index in [1.807, 2.05) is 33.8 Å². The molecular weight excluding hydrogens is 569 g/mol. The molecule has 3 aromatic heterocycles. The summed E-state index contributed by atoms with van der Waals surface area (Å²) in [7, 11) is 0. The van der Waals surface area contributed by atoms with Crippen LogP contribution in [0.1, 0.15) is 49.9 Å². The molecule has 1 fully saturated rings. The largest absolute Gasteiger partial charge is 0.507 e. The molecule has 43 heavy (non-hydrogen) atoms. The minimum atomic E-state index is -0.683. The highest BCUT2D eigenvalue weighted by atomic mass is 35.5. The first-order valence-corrected chi connectivity index (χ1v) is 14.8. The molecule has 1 N–H and O–H groups in total. The van der Waals surface area contributed by atoms with Gasteiger partial charge in [-0.2, -0.15) is 0 Å². The number of fused-ring (bicyclic) bond motifs is 5. The zero-order valence-corrected chi connectivity index (χ0v) is 25.3.